The predicted molar refractivity (Wildman–Crippen MR) is 367 cm³/mol. The Kier molecular flexibility index (Phi) is 65.7. The smallest absolute Gasteiger partial charge is 0.462 e. The minimum atomic E-state index is -4.41. The second-order valence-electron chi connectivity index (χ2n) is 22.3. The molecule has 0 aliphatic rings. The molecule has 2 unspecified atom stereocenters. The summed E-state index contributed by atoms with van der Waals surface area (Å²) in [5.41, 5.74) is 5.39. The second-order valence-corrected chi connectivity index (χ2v) is 23.8. The first kappa shape index (κ1) is 80.9. The van der Waals surface area contributed by atoms with Gasteiger partial charge in [-0.3, -0.25) is 18.6 Å². The third-order valence-electron chi connectivity index (χ3n) is 14.2. The molecule has 0 aromatic carbocycles. The molecule has 9 nitrogen and oxygen atoms in total. The second kappa shape index (κ2) is 69.0. The van der Waals surface area contributed by atoms with Gasteiger partial charge < -0.3 is 20.1 Å². The number of carbonyl (C=O) groups excluding carboxylic acids is 2. The van der Waals surface area contributed by atoms with Crippen molar-refractivity contribution in [3.05, 3.63) is 146 Å². The van der Waals surface area contributed by atoms with E-state index in [4.69, 9.17) is 24.3 Å². The number of hydrogen-bond acceptors (Lipinski definition) is 8. The zero-order valence-electron chi connectivity index (χ0n) is 54.3. The zero-order valence-corrected chi connectivity index (χ0v) is 55.2. The highest BCUT2D eigenvalue weighted by Gasteiger charge is 2.26. The molecule has 0 amide bonds. The number of rotatable bonds is 63. The maximum absolute atomic E-state index is 12.7. The van der Waals surface area contributed by atoms with Crippen LogP contribution in [-0.2, 0) is 32.7 Å². The average Bonchev–Trinajstić information content (AvgIpc) is 3.52. The van der Waals surface area contributed by atoms with Gasteiger partial charge in [0.2, 0.25) is 0 Å². The van der Waals surface area contributed by atoms with E-state index in [0.717, 1.165) is 122 Å². The quantitative estimate of drug-likeness (QED) is 0.0264. The van der Waals surface area contributed by atoms with Crippen molar-refractivity contribution in [1.82, 2.24) is 0 Å². The average molecular weight is 1200 g/mol. The highest BCUT2D eigenvalue weighted by atomic mass is 31.2. The topological polar surface area (TPSA) is 134 Å². The summed E-state index contributed by atoms with van der Waals surface area (Å²) in [5, 5.41) is 0. The molecule has 3 N–H and O–H groups in total. The van der Waals surface area contributed by atoms with Crippen molar-refractivity contribution in [3.63, 3.8) is 0 Å². The van der Waals surface area contributed by atoms with Gasteiger partial charge in [-0.15, -0.1) is 0 Å². The molecule has 0 fully saturated rings. The normalized spacial score (nSPS) is 13.9. The van der Waals surface area contributed by atoms with Crippen LogP contribution in [0, 0.1) is 0 Å². The van der Waals surface area contributed by atoms with Crippen LogP contribution < -0.4 is 5.73 Å². The largest absolute Gasteiger partial charge is 0.472 e. The van der Waals surface area contributed by atoms with E-state index in [0.29, 0.717) is 6.42 Å². The molecule has 484 valence electrons. The lowest BCUT2D eigenvalue weighted by Crippen LogP contribution is -2.29. The number of carbonyl (C=O) groups is 2. The molecule has 0 heterocycles. The van der Waals surface area contributed by atoms with Gasteiger partial charge in [0.25, 0.3) is 0 Å². The Balaban J connectivity index is 4.02. The number of nitrogens with two attached hydrogens (primary N) is 1. The maximum Gasteiger partial charge on any atom is 0.472 e. The minimum absolute atomic E-state index is 0.0432. The summed E-state index contributed by atoms with van der Waals surface area (Å²) in [6.07, 6.45) is 99.3. The van der Waals surface area contributed by atoms with E-state index in [-0.39, 0.29) is 38.6 Å². The predicted octanol–water partition coefficient (Wildman–Crippen LogP) is 22.6. The van der Waals surface area contributed by atoms with E-state index in [1.165, 1.54) is 128 Å². The summed E-state index contributed by atoms with van der Waals surface area (Å²) >= 11 is 0. The Morgan fingerprint density at radius 3 is 0.965 bits per heavy atom. The third-order valence-corrected chi connectivity index (χ3v) is 15.2. The molecule has 0 aromatic heterocycles. The highest BCUT2D eigenvalue weighted by molar-refractivity contribution is 7.47. The fraction of sp³-hybridized carbons (Fsp3) is 0.653. The molecule has 0 radical (unpaired) electrons. The maximum atomic E-state index is 12.7. The summed E-state index contributed by atoms with van der Waals surface area (Å²) in [4.78, 5) is 35.3. The number of phosphoric acid groups is 1. The zero-order chi connectivity index (χ0) is 61.6. The molecule has 0 rings (SSSR count). The van der Waals surface area contributed by atoms with Crippen molar-refractivity contribution in [2.75, 3.05) is 26.4 Å². The first-order valence-corrected chi connectivity index (χ1v) is 35.8. The summed E-state index contributed by atoms with van der Waals surface area (Å²) in [5.74, 6) is -0.856. The van der Waals surface area contributed by atoms with Crippen LogP contribution in [0.3, 0.4) is 0 Å². The van der Waals surface area contributed by atoms with Gasteiger partial charge in [0.1, 0.15) is 6.61 Å². The molecule has 0 saturated heterocycles. The molecule has 0 aliphatic carbocycles. The van der Waals surface area contributed by atoms with E-state index >= 15 is 0 Å². The van der Waals surface area contributed by atoms with Crippen LogP contribution in [0.25, 0.3) is 0 Å². The Hall–Kier alpha value is -4.11. The van der Waals surface area contributed by atoms with E-state index in [9.17, 15) is 19.0 Å². The van der Waals surface area contributed by atoms with Gasteiger partial charge in [-0.2, -0.15) is 0 Å². The first-order chi connectivity index (χ1) is 41.8. The van der Waals surface area contributed by atoms with E-state index in [1.807, 2.05) is 0 Å². The van der Waals surface area contributed by atoms with Gasteiger partial charge in [-0.1, -0.05) is 314 Å². The van der Waals surface area contributed by atoms with Gasteiger partial charge >= 0.3 is 19.8 Å². The van der Waals surface area contributed by atoms with E-state index in [1.54, 1.807) is 0 Å². The van der Waals surface area contributed by atoms with Crippen LogP contribution in [0.2, 0.25) is 0 Å². The number of esters is 2. The van der Waals surface area contributed by atoms with Crippen LogP contribution >= 0.6 is 7.82 Å². The Morgan fingerprint density at radius 2 is 0.647 bits per heavy atom. The van der Waals surface area contributed by atoms with Crippen molar-refractivity contribution in [2.45, 2.75) is 290 Å². The van der Waals surface area contributed by atoms with Gasteiger partial charge in [0, 0.05) is 19.4 Å². The van der Waals surface area contributed by atoms with Crippen molar-refractivity contribution in [1.29, 1.82) is 0 Å². The highest BCUT2D eigenvalue weighted by Crippen LogP contribution is 2.43. The van der Waals surface area contributed by atoms with Crippen molar-refractivity contribution >= 4 is 19.8 Å². The molecular weight excluding hydrogens is 1070 g/mol. The summed E-state index contributed by atoms with van der Waals surface area (Å²) in [7, 11) is -4.41. The lowest BCUT2D eigenvalue weighted by atomic mass is 10.0. The number of allylic oxidation sites excluding steroid dienone is 24. The lowest BCUT2D eigenvalue weighted by Gasteiger charge is -2.19. The Bertz CT molecular complexity index is 1900. The summed E-state index contributed by atoms with van der Waals surface area (Å²) in [6, 6.07) is 0. The SMILES string of the molecule is CC/C=C\C/C=C\C/C=C\C/C=C\C/C=C\C/C=C\C/C=C\C/C=C\C/C=C\C/C=C\C/C=C\C/C=C\CCCCCCC(=O)OC(COC(=O)CCCCCCCCCCCCCCCCCCCCCCCCC)COP(=O)(O)OCCN. The monoisotopic (exact) mass is 1200 g/mol. The fourth-order valence-electron chi connectivity index (χ4n) is 9.21. The number of phosphoric ester groups is 1. The van der Waals surface area contributed by atoms with Crippen LogP contribution in [0.4, 0.5) is 0 Å². The molecule has 85 heavy (non-hydrogen) atoms. The van der Waals surface area contributed by atoms with Gasteiger partial charge in [0.05, 0.1) is 13.2 Å². The number of unbranched alkanes of at least 4 members (excludes halogenated alkanes) is 26. The van der Waals surface area contributed by atoms with E-state index < -0.39 is 26.5 Å². The van der Waals surface area contributed by atoms with Crippen LogP contribution in [-0.4, -0.2) is 49.3 Å². The van der Waals surface area contributed by atoms with Crippen molar-refractivity contribution < 1.29 is 37.6 Å². The molecule has 0 bridgehead atoms. The van der Waals surface area contributed by atoms with Gasteiger partial charge in [-0.25, -0.2) is 4.57 Å². The summed E-state index contributed by atoms with van der Waals surface area (Å²) < 4.78 is 33.1. The molecular formula is C75H126NO8P. The fourth-order valence-corrected chi connectivity index (χ4v) is 9.97. The molecule has 0 spiro atoms. The van der Waals surface area contributed by atoms with Crippen molar-refractivity contribution in [2.24, 2.45) is 5.73 Å². The molecule has 2 atom stereocenters. The molecule has 0 aliphatic heterocycles. The first-order valence-electron chi connectivity index (χ1n) is 34.3. The van der Waals surface area contributed by atoms with E-state index in [2.05, 4.69) is 160 Å². The Labute approximate surface area is 522 Å². The standard InChI is InChI=1S/C75H126NO8P/c1-3-5-7-9-11-13-15-17-19-21-23-25-27-28-29-30-31-32-33-34-35-36-37-38-39-40-41-42-43-44-46-48-50-52-54-56-58-60-62-64-66-68-75(78)84-73(72-83-85(79,80)82-70-69-76)71-81-74(77)67-65-63-61-59-57-55-53-51-49-47-45-26-24-22-20-18-16-14-12-10-8-6-4-2/h5,7,11,13,17,19,23,25,28-29,31-32,34-35,37-38,40-41,43-44,48,50,54,56,73H,3-4,6,8-10,12,14-16,18,20-22,24,26-27,30,33,36,39,42,45-47,49,51-53,55,57-72,76H2,1-2H3,(H,79,80)/b7-5-,13-11-,19-17-,25-23-,29-28-,32-31-,35-34-,38-37-,41-40-,44-43-,50-48-,56-54-. The van der Waals surface area contributed by atoms with Gasteiger partial charge in [-0.05, 0) is 103 Å². The van der Waals surface area contributed by atoms with Crippen LogP contribution in [0.1, 0.15) is 284 Å². The van der Waals surface area contributed by atoms with Crippen LogP contribution in [0.5, 0.6) is 0 Å². The van der Waals surface area contributed by atoms with Crippen LogP contribution in [0.15, 0.2) is 146 Å². The summed E-state index contributed by atoms with van der Waals surface area (Å²) in [6.45, 7) is 3.62. The third kappa shape index (κ3) is 68.9. The van der Waals surface area contributed by atoms with Crippen molar-refractivity contribution in [3.8, 4) is 0 Å². The molecule has 0 saturated carbocycles. The number of hydrogen-bond donors (Lipinski definition) is 2. The lowest BCUT2D eigenvalue weighted by molar-refractivity contribution is -0.161. The minimum Gasteiger partial charge on any atom is -0.462 e. The molecule has 0 aromatic rings. The molecule has 10 heteroatoms. The number of ether oxygens (including phenoxy) is 2. The Morgan fingerprint density at radius 1 is 0.365 bits per heavy atom. The van der Waals surface area contributed by atoms with Gasteiger partial charge in [0.15, 0.2) is 6.10 Å².